The van der Waals surface area contributed by atoms with Gasteiger partial charge in [-0.25, -0.2) is 9.97 Å². The second-order valence-corrected chi connectivity index (χ2v) is 11.3. The van der Waals surface area contributed by atoms with E-state index in [0.717, 1.165) is 79.8 Å². The lowest BCUT2D eigenvalue weighted by molar-refractivity contribution is 0.161. The maximum atomic E-state index is 6.29. The van der Waals surface area contributed by atoms with Crippen molar-refractivity contribution in [2.75, 3.05) is 43.0 Å². The van der Waals surface area contributed by atoms with Crippen molar-refractivity contribution in [3.05, 3.63) is 42.5 Å². The van der Waals surface area contributed by atoms with Crippen LogP contribution in [0.4, 0.5) is 17.2 Å². The summed E-state index contributed by atoms with van der Waals surface area (Å²) >= 11 is 0. The van der Waals surface area contributed by atoms with Crippen LogP contribution in [0.5, 0.6) is 5.75 Å². The molecule has 8 rings (SSSR count). The SMILES string of the molecule is c1cn2cc(C3CCC4CNNC4C3)nc(Nc3ccc4c(c3)OC[C@H]3CN(C5CC5)CCN43)c2n1. The van der Waals surface area contributed by atoms with Gasteiger partial charge in [0.1, 0.15) is 12.4 Å². The summed E-state index contributed by atoms with van der Waals surface area (Å²) in [5, 5.41) is 3.58. The summed E-state index contributed by atoms with van der Waals surface area (Å²) in [4.78, 5) is 14.9. The molecule has 5 aliphatic rings. The van der Waals surface area contributed by atoms with Crippen molar-refractivity contribution in [3.8, 4) is 5.75 Å². The maximum Gasteiger partial charge on any atom is 0.180 e. The number of benzene rings is 1. The molecule has 2 aromatic heterocycles. The fraction of sp³-hybridized carbons (Fsp3) is 0.556. The van der Waals surface area contributed by atoms with Crippen molar-refractivity contribution >= 4 is 22.8 Å². The van der Waals surface area contributed by atoms with Gasteiger partial charge in [-0.2, -0.15) is 0 Å². The number of ether oxygens (including phenoxy) is 1. The Morgan fingerprint density at radius 1 is 1.08 bits per heavy atom. The molecule has 9 nitrogen and oxygen atoms in total. The smallest absolute Gasteiger partial charge is 0.180 e. The minimum absolute atomic E-state index is 0.448. The molecule has 9 heteroatoms. The summed E-state index contributed by atoms with van der Waals surface area (Å²) < 4.78 is 8.40. The highest BCUT2D eigenvalue weighted by atomic mass is 16.5. The van der Waals surface area contributed by atoms with Crippen LogP contribution < -0.4 is 25.8 Å². The number of rotatable bonds is 4. The third-order valence-corrected chi connectivity index (χ3v) is 9.00. The summed E-state index contributed by atoms with van der Waals surface area (Å²) in [7, 11) is 0. The topological polar surface area (TPSA) is 82.0 Å². The number of nitrogens with zero attached hydrogens (tertiary/aromatic N) is 5. The van der Waals surface area contributed by atoms with Gasteiger partial charge >= 0.3 is 0 Å². The van der Waals surface area contributed by atoms with Gasteiger partial charge in [-0.3, -0.25) is 15.8 Å². The predicted octanol–water partition coefficient (Wildman–Crippen LogP) is 2.88. The number of fused-ring (bicyclic) bond motifs is 5. The molecule has 1 aromatic carbocycles. The average Bonchev–Trinajstić information content (AvgIpc) is 3.46. The Hall–Kier alpha value is -2.88. The number of hydrogen-bond acceptors (Lipinski definition) is 8. The minimum atomic E-state index is 0.448. The number of imidazole rings is 1. The largest absolute Gasteiger partial charge is 0.489 e. The van der Waals surface area contributed by atoms with Gasteiger partial charge in [0.25, 0.3) is 0 Å². The van der Waals surface area contributed by atoms with Gasteiger partial charge in [-0.05, 0) is 50.2 Å². The number of hydrazine groups is 1. The first-order chi connectivity index (χ1) is 17.8. The van der Waals surface area contributed by atoms with E-state index in [1.54, 1.807) is 0 Å². The van der Waals surface area contributed by atoms with E-state index in [2.05, 4.69) is 59.7 Å². The molecule has 188 valence electrons. The second kappa shape index (κ2) is 8.33. The van der Waals surface area contributed by atoms with Crippen LogP contribution in [0.2, 0.25) is 0 Å². The van der Waals surface area contributed by atoms with Crippen LogP contribution in [0.25, 0.3) is 5.65 Å². The molecule has 2 aliphatic carbocycles. The van der Waals surface area contributed by atoms with E-state index in [1.165, 1.54) is 31.4 Å². The number of aromatic nitrogens is 3. The summed E-state index contributed by atoms with van der Waals surface area (Å²) in [6, 6.07) is 8.31. The Kier molecular flexibility index (Phi) is 4.91. The van der Waals surface area contributed by atoms with Crippen molar-refractivity contribution in [3.63, 3.8) is 0 Å². The maximum absolute atomic E-state index is 6.29. The van der Waals surface area contributed by atoms with E-state index < -0.39 is 0 Å². The Balaban J connectivity index is 1.05. The molecule has 3 aromatic rings. The molecular formula is C27H34N8O. The number of piperazine rings is 1. The molecule has 3 N–H and O–H groups in total. The first-order valence-electron chi connectivity index (χ1n) is 13.6. The molecule has 0 amide bonds. The van der Waals surface area contributed by atoms with Gasteiger partial charge in [0.2, 0.25) is 0 Å². The van der Waals surface area contributed by atoms with Crippen molar-refractivity contribution in [2.45, 2.75) is 56.1 Å². The lowest BCUT2D eigenvalue weighted by Gasteiger charge is -2.45. The molecule has 0 radical (unpaired) electrons. The standard InChI is InChI=1S/C27H34N8O/c1-2-18-13-29-32-22(18)11-17(1)23-15-34-8-7-28-27(34)26(31-23)30-19-3-6-24-25(12-19)36-16-21-14-33(20-4-5-20)9-10-35(21)24/h3,6-8,12,15,17-18,20-22,29,32H,1-2,4-5,9-11,13-14,16H2,(H,30,31)/t17?,18?,21-,22?/m1/s1. The zero-order chi connectivity index (χ0) is 23.6. The summed E-state index contributed by atoms with van der Waals surface area (Å²) in [5.41, 5.74) is 11.0. The van der Waals surface area contributed by atoms with E-state index in [4.69, 9.17) is 9.72 Å². The molecule has 0 bridgehead atoms. The predicted molar refractivity (Wildman–Crippen MR) is 139 cm³/mol. The first kappa shape index (κ1) is 21.2. The van der Waals surface area contributed by atoms with Crippen molar-refractivity contribution in [2.24, 2.45) is 5.92 Å². The highest BCUT2D eigenvalue weighted by Crippen LogP contribution is 2.40. The number of hydrogen-bond donors (Lipinski definition) is 3. The molecule has 2 saturated heterocycles. The molecule has 3 unspecified atom stereocenters. The number of nitrogens with one attached hydrogen (secondary N) is 3. The molecular weight excluding hydrogens is 452 g/mol. The van der Waals surface area contributed by atoms with Gasteiger partial charge in [-0.1, -0.05) is 0 Å². The molecule has 2 saturated carbocycles. The lowest BCUT2D eigenvalue weighted by atomic mass is 9.78. The van der Waals surface area contributed by atoms with E-state index in [0.29, 0.717) is 18.0 Å². The minimum Gasteiger partial charge on any atom is -0.489 e. The summed E-state index contributed by atoms with van der Waals surface area (Å²) in [6.45, 7) is 5.19. The van der Waals surface area contributed by atoms with E-state index in [9.17, 15) is 0 Å². The van der Waals surface area contributed by atoms with Gasteiger partial charge in [-0.15, -0.1) is 0 Å². The first-order valence-corrected chi connectivity index (χ1v) is 13.6. The zero-order valence-electron chi connectivity index (χ0n) is 20.6. The van der Waals surface area contributed by atoms with Gasteiger partial charge < -0.3 is 19.4 Å². The van der Waals surface area contributed by atoms with Crippen LogP contribution in [0.1, 0.15) is 43.7 Å². The average molecular weight is 487 g/mol. The number of anilines is 3. The van der Waals surface area contributed by atoms with Crippen molar-refractivity contribution < 1.29 is 4.74 Å². The van der Waals surface area contributed by atoms with Crippen LogP contribution in [0, 0.1) is 5.92 Å². The highest BCUT2D eigenvalue weighted by molar-refractivity contribution is 5.74. The second-order valence-electron chi connectivity index (χ2n) is 11.3. The fourth-order valence-electron chi connectivity index (χ4n) is 6.85. The van der Waals surface area contributed by atoms with E-state index in [-0.39, 0.29) is 0 Å². The quantitative estimate of drug-likeness (QED) is 0.520. The normalized spacial score (nSPS) is 29.9. The Bertz CT molecular complexity index is 1290. The van der Waals surface area contributed by atoms with Crippen LogP contribution in [0.15, 0.2) is 36.8 Å². The van der Waals surface area contributed by atoms with Gasteiger partial charge in [0, 0.05) is 74.5 Å². The Morgan fingerprint density at radius 2 is 2.06 bits per heavy atom. The zero-order valence-corrected chi connectivity index (χ0v) is 20.6. The molecule has 3 aliphatic heterocycles. The third kappa shape index (κ3) is 3.64. The summed E-state index contributed by atoms with van der Waals surface area (Å²) in [5.74, 6) is 2.96. The Morgan fingerprint density at radius 3 is 3.00 bits per heavy atom. The van der Waals surface area contributed by atoms with Crippen LogP contribution in [-0.2, 0) is 0 Å². The highest BCUT2D eigenvalue weighted by Gasteiger charge is 2.38. The van der Waals surface area contributed by atoms with Gasteiger partial charge in [0.05, 0.1) is 17.4 Å². The van der Waals surface area contributed by atoms with E-state index in [1.807, 2.05) is 12.4 Å². The molecule has 4 atom stereocenters. The Labute approximate surface area is 211 Å². The molecule has 0 spiro atoms. The lowest BCUT2D eigenvalue weighted by Crippen LogP contribution is -2.57. The summed E-state index contributed by atoms with van der Waals surface area (Å²) in [6.07, 6.45) is 12.3. The van der Waals surface area contributed by atoms with Crippen molar-refractivity contribution in [1.29, 1.82) is 0 Å². The van der Waals surface area contributed by atoms with Crippen LogP contribution >= 0.6 is 0 Å². The van der Waals surface area contributed by atoms with E-state index >= 15 is 0 Å². The monoisotopic (exact) mass is 486 g/mol. The van der Waals surface area contributed by atoms with Crippen LogP contribution in [0.3, 0.4) is 0 Å². The van der Waals surface area contributed by atoms with Gasteiger partial charge in [0.15, 0.2) is 11.5 Å². The third-order valence-electron chi connectivity index (χ3n) is 9.00. The molecule has 4 fully saturated rings. The van der Waals surface area contributed by atoms with Crippen LogP contribution in [-0.4, -0.2) is 70.2 Å². The fourth-order valence-corrected chi connectivity index (χ4v) is 6.85. The molecule has 36 heavy (non-hydrogen) atoms. The molecule has 5 heterocycles. The van der Waals surface area contributed by atoms with Crippen molar-refractivity contribution in [1.82, 2.24) is 30.1 Å².